The zero-order valence-electron chi connectivity index (χ0n) is 10.8. The van der Waals surface area contributed by atoms with Crippen LogP contribution in [0.25, 0.3) is 0 Å². The van der Waals surface area contributed by atoms with E-state index in [0.29, 0.717) is 11.3 Å². The second kappa shape index (κ2) is 5.38. The summed E-state index contributed by atoms with van der Waals surface area (Å²) >= 11 is 0. The van der Waals surface area contributed by atoms with Crippen molar-refractivity contribution in [1.82, 2.24) is 4.57 Å². The number of aryl methyl sites for hydroxylation is 1. The number of nitrogens with one attached hydrogen (secondary N) is 1. The van der Waals surface area contributed by atoms with Crippen molar-refractivity contribution in [2.24, 2.45) is 7.05 Å². The number of sulfonamides is 1. The Hall–Kier alpha value is -2.28. The Labute approximate surface area is 116 Å². The van der Waals surface area contributed by atoms with Crippen LogP contribution >= 0.6 is 0 Å². The van der Waals surface area contributed by atoms with Gasteiger partial charge in [0, 0.05) is 25.1 Å². The summed E-state index contributed by atoms with van der Waals surface area (Å²) in [6.07, 6.45) is 3.05. The first kappa shape index (κ1) is 14.1. The lowest BCUT2D eigenvalue weighted by molar-refractivity contribution is -0.136. The monoisotopic (exact) mass is 294 g/mol. The number of aromatic nitrogens is 1. The number of hydrogen-bond donors (Lipinski definition) is 2. The highest BCUT2D eigenvalue weighted by molar-refractivity contribution is 7.92. The predicted molar refractivity (Wildman–Crippen MR) is 74.0 cm³/mol. The molecule has 0 aliphatic heterocycles. The van der Waals surface area contributed by atoms with E-state index < -0.39 is 16.0 Å². The van der Waals surface area contributed by atoms with E-state index >= 15 is 0 Å². The van der Waals surface area contributed by atoms with Crippen LogP contribution in [0.15, 0.2) is 47.6 Å². The number of nitrogens with zero attached hydrogens (tertiary/aromatic N) is 1. The van der Waals surface area contributed by atoms with Crippen molar-refractivity contribution in [3.05, 3.63) is 48.3 Å². The molecule has 0 aliphatic carbocycles. The molecule has 2 rings (SSSR count). The van der Waals surface area contributed by atoms with Crippen LogP contribution in [0.2, 0.25) is 0 Å². The fraction of sp³-hybridized carbons (Fsp3) is 0.154. The molecular weight excluding hydrogens is 280 g/mol. The molecule has 0 radical (unpaired) electrons. The number of carbonyl (C=O) groups is 1. The molecule has 6 nitrogen and oxygen atoms in total. The Balaban J connectivity index is 2.15. The van der Waals surface area contributed by atoms with Gasteiger partial charge in [-0.2, -0.15) is 0 Å². The molecule has 0 unspecified atom stereocenters. The number of rotatable bonds is 5. The van der Waals surface area contributed by atoms with Crippen LogP contribution in [0.3, 0.4) is 0 Å². The van der Waals surface area contributed by atoms with E-state index in [1.807, 2.05) is 0 Å². The molecular formula is C13H14N2O4S. The van der Waals surface area contributed by atoms with Gasteiger partial charge in [0.2, 0.25) is 0 Å². The number of carboxylic acid groups (broad SMARTS) is 1. The molecule has 0 saturated carbocycles. The molecule has 106 valence electrons. The summed E-state index contributed by atoms with van der Waals surface area (Å²) in [4.78, 5) is 10.7. The predicted octanol–water partition coefficient (Wildman–Crippen LogP) is 1.45. The molecule has 0 amide bonds. The highest BCUT2D eigenvalue weighted by Gasteiger charge is 2.15. The molecule has 0 aliphatic rings. The van der Waals surface area contributed by atoms with Gasteiger partial charge in [0.05, 0.1) is 6.42 Å². The van der Waals surface area contributed by atoms with Crippen LogP contribution < -0.4 is 4.72 Å². The third kappa shape index (κ3) is 3.39. The molecule has 0 atom stereocenters. The molecule has 0 fully saturated rings. The largest absolute Gasteiger partial charge is 0.481 e. The van der Waals surface area contributed by atoms with Gasteiger partial charge >= 0.3 is 5.97 Å². The first-order valence-electron chi connectivity index (χ1n) is 5.82. The summed E-state index contributed by atoms with van der Waals surface area (Å²) in [5.74, 6) is -0.928. The Bertz CT molecular complexity index is 717. The van der Waals surface area contributed by atoms with Crippen LogP contribution in [-0.2, 0) is 28.3 Å². The molecule has 7 heteroatoms. The maximum atomic E-state index is 12.1. The number of hydrogen-bond acceptors (Lipinski definition) is 3. The molecule has 0 spiro atoms. The van der Waals surface area contributed by atoms with Gasteiger partial charge in [0.15, 0.2) is 0 Å². The van der Waals surface area contributed by atoms with Gasteiger partial charge in [0.1, 0.15) is 4.90 Å². The summed E-state index contributed by atoms with van der Waals surface area (Å²) in [6, 6.07) is 7.74. The van der Waals surface area contributed by atoms with Crippen LogP contribution in [0.4, 0.5) is 5.69 Å². The zero-order chi connectivity index (χ0) is 14.8. The van der Waals surface area contributed by atoms with E-state index in [0.717, 1.165) is 0 Å². The van der Waals surface area contributed by atoms with Crippen molar-refractivity contribution < 1.29 is 18.3 Å². The third-order valence-corrected chi connectivity index (χ3v) is 4.04. The van der Waals surface area contributed by atoms with E-state index in [1.54, 1.807) is 42.1 Å². The van der Waals surface area contributed by atoms with E-state index in [-0.39, 0.29) is 11.3 Å². The van der Waals surface area contributed by atoms with Gasteiger partial charge in [0.25, 0.3) is 10.0 Å². The molecule has 1 aromatic carbocycles. The Kier molecular flexibility index (Phi) is 3.80. The average molecular weight is 294 g/mol. The Morgan fingerprint density at radius 3 is 2.40 bits per heavy atom. The maximum Gasteiger partial charge on any atom is 0.307 e. The molecule has 2 aromatic rings. The fourth-order valence-corrected chi connectivity index (χ4v) is 2.83. The lowest BCUT2D eigenvalue weighted by atomic mass is 10.1. The maximum absolute atomic E-state index is 12.1. The summed E-state index contributed by atoms with van der Waals surface area (Å²) in [6.45, 7) is 0. The summed E-state index contributed by atoms with van der Waals surface area (Å²) in [5, 5.41) is 8.66. The van der Waals surface area contributed by atoms with Gasteiger partial charge in [-0.25, -0.2) is 8.42 Å². The lowest BCUT2D eigenvalue weighted by Crippen LogP contribution is -2.12. The van der Waals surface area contributed by atoms with E-state index in [9.17, 15) is 13.2 Å². The van der Waals surface area contributed by atoms with Crippen molar-refractivity contribution in [3.63, 3.8) is 0 Å². The van der Waals surface area contributed by atoms with Gasteiger partial charge in [-0.1, -0.05) is 12.1 Å². The van der Waals surface area contributed by atoms with Crippen LogP contribution in [0, 0.1) is 0 Å². The molecule has 0 saturated heterocycles. The normalized spacial score (nSPS) is 11.2. The van der Waals surface area contributed by atoms with Gasteiger partial charge < -0.3 is 9.67 Å². The van der Waals surface area contributed by atoms with E-state index in [4.69, 9.17) is 5.11 Å². The smallest absolute Gasteiger partial charge is 0.307 e. The lowest BCUT2D eigenvalue weighted by Gasteiger charge is -2.07. The van der Waals surface area contributed by atoms with Crippen LogP contribution in [-0.4, -0.2) is 24.1 Å². The zero-order valence-corrected chi connectivity index (χ0v) is 11.6. The van der Waals surface area contributed by atoms with Crippen molar-refractivity contribution >= 4 is 21.7 Å². The second-order valence-corrected chi connectivity index (χ2v) is 6.07. The van der Waals surface area contributed by atoms with E-state index in [1.165, 1.54) is 12.3 Å². The third-order valence-electron chi connectivity index (χ3n) is 2.68. The highest BCUT2D eigenvalue weighted by atomic mass is 32.2. The van der Waals surface area contributed by atoms with Gasteiger partial charge in [-0.3, -0.25) is 9.52 Å². The minimum atomic E-state index is -3.62. The molecule has 0 bridgehead atoms. The first-order chi connectivity index (χ1) is 9.37. The standard InChI is InChI=1S/C13H14N2O4S/c1-15-7-6-12(9-15)20(18,19)14-11-4-2-10(3-5-11)8-13(16)17/h2-7,9,14H,8H2,1H3,(H,16,17). The Morgan fingerprint density at radius 2 is 1.90 bits per heavy atom. The number of anilines is 1. The van der Waals surface area contributed by atoms with Crippen molar-refractivity contribution in [2.45, 2.75) is 11.3 Å². The van der Waals surface area contributed by atoms with Gasteiger partial charge in [-0.05, 0) is 23.8 Å². The quantitative estimate of drug-likeness (QED) is 0.873. The molecule has 2 N–H and O–H groups in total. The topological polar surface area (TPSA) is 88.4 Å². The van der Waals surface area contributed by atoms with Crippen molar-refractivity contribution in [3.8, 4) is 0 Å². The second-order valence-electron chi connectivity index (χ2n) is 4.39. The highest BCUT2D eigenvalue weighted by Crippen LogP contribution is 2.16. The summed E-state index contributed by atoms with van der Waals surface area (Å²) < 4.78 is 28.2. The summed E-state index contributed by atoms with van der Waals surface area (Å²) in [7, 11) is -1.88. The van der Waals surface area contributed by atoms with Gasteiger partial charge in [-0.15, -0.1) is 0 Å². The minimum Gasteiger partial charge on any atom is -0.481 e. The molecule has 1 aromatic heterocycles. The van der Waals surface area contributed by atoms with Crippen molar-refractivity contribution in [1.29, 1.82) is 0 Å². The molecule has 20 heavy (non-hydrogen) atoms. The van der Waals surface area contributed by atoms with Crippen LogP contribution in [0.5, 0.6) is 0 Å². The van der Waals surface area contributed by atoms with E-state index in [2.05, 4.69) is 4.72 Å². The number of carboxylic acids is 1. The fourth-order valence-electron chi connectivity index (χ4n) is 1.72. The number of benzene rings is 1. The average Bonchev–Trinajstić information content (AvgIpc) is 2.78. The summed E-state index contributed by atoms with van der Waals surface area (Å²) in [5.41, 5.74) is 1.00. The van der Waals surface area contributed by atoms with Crippen molar-refractivity contribution in [2.75, 3.05) is 4.72 Å². The van der Waals surface area contributed by atoms with Crippen LogP contribution in [0.1, 0.15) is 5.56 Å². The minimum absolute atomic E-state index is 0.0916. The SMILES string of the molecule is Cn1ccc(S(=O)(=O)Nc2ccc(CC(=O)O)cc2)c1. The first-order valence-corrected chi connectivity index (χ1v) is 7.31. The number of aliphatic carboxylic acids is 1. The molecule has 1 heterocycles. The Morgan fingerprint density at radius 1 is 1.25 bits per heavy atom.